The molecule has 2 aromatic rings. The number of hydrogen-bond donors (Lipinski definition) is 1. The number of hydrogen-bond acceptors (Lipinski definition) is 4. The van der Waals surface area contributed by atoms with Gasteiger partial charge < -0.3 is 15.2 Å². The molecule has 1 aromatic carbocycles. The molecule has 1 heterocycles. The molecule has 0 bridgehead atoms. The van der Waals surface area contributed by atoms with Crippen molar-refractivity contribution in [1.82, 2.24) is 4.98 Å². The Morgan fingerprint density at radius 2 is 1.77 bits per heavy atom. The first-order chi connectivity index (χ1) is 10.3. The van der Waals surface area contributed by atoms with Gasteiger partial charge in [0.2, 0.25) is 5.88 Å². The standard InChI is InChI=1S/C16H18Cl2N2O2/c1-8(2)14-9(3)13(7-20-16(14)21-4)22-15-11(17)5-10(19)6-12(15)18/h5-8H,19H2,1-4H3. The van der Waals surface area contributed by atoms with Crippen molar-refractivity contribution in [3.05, 3.63) is 39.5 Å². The molecule has 2 N–H and O–H groups in total. The molecular formula is C16H18Cl2N2O2. The molecule has 2 rings (SSSR count). The van der Waals surface area contributed by atoms with Gasteiger partial charge in [-0.15, -0.1) is 0 Å². The lowest BCUT2D eigenvalue weighted by atomic mass is 9.99. The summed E-state index contributed by atoms with van der Waals surface area (Å²) in [5.41, 5.74) is 8.11. The van der Waals surface area contributed by atoms with Crippen LogP contribution >= 0.6 is 23.2 Å². The normalized spacial score (nSPS) is 10.9. The molecule has 0 spiro atoms. The Hall–Kier alpha value is -1.65. The van der Waals surface area contributed by atoms with E-state index in [4.69, 9.17) is 38.4 Å². The first kappa shape index (κ1) is 16.7. The summed E-state index contributed by atoms with van der Waals surface area (Å²) in [5.74, 6) is 1.78. The number of anilines is 1. The lowest BCUT2D eigenvalue weighted by Gasteiger charge is -2.18. The minimum atomic E-state index is 0.239. The van der Waals surface area contributed by atoms with Crippen molar-refractivity contribution in [3.63, 3.8) is 0 Å². The molecular weight excluding hydrogens is 323 g/mol. The van der Waals surface area contributed by atoms with Crippen LogP contribution in [0, 0.1) is 6.92 Å². The minimum absolute atomic E-state index is 0.239. The van der Waals surface area contributed by atoms with Crippen molar-refractivity contribution in [2.24, 2.45) is 0 Å². The predicted molar refractivity (Wildman–Crippen MR) is 90.6 cm³/mol. The van der Waals surface area contributed by atoms with Crippen LogP contribution < -0.4 is 15.2 Å². The van der Waals surface area contributed by atoms with Gasteiger partial charge in [0.05, 0.1) is 23.4 Å². The summed E-state index contributed by atoms with van der Waals surface area (Å²) in [6.45, 7) is 6.09. The molecule has 0 saturated carbocycles. The van der Waals surface area contributed by atoms with E-state index in [2.05, 4.69) is 18.8 Å². The van der Waals surface area contributed by atoms with E-state index in [1.165, 1.54) is 0 Å². The van der Waals surface area contributed by atoms with Crippen LogP contribution in [0.1, 0.15) is 30.9 Å². The number of benzene rings is 1. The minimum Gasteiger partial charge on any atom is -0.481 e. The van der Waals surface area contributed by atoms with Crippen LogP contribution in [0.25, 0.3) is 0 Å². The zero-order chi connectivity index (χ0) is 16.4. The third kappa shape index (κ3) is 3.23. The topological polar surface area (TPSA) is 57.4 Å². The summed E-state index contributed by atoms with van der Waals surface area (Å²) >= 11 is 12.3. The summed E-state index contributed by atoms with van der Waals surface area (Å²) in [7, 11) is 1.60. The lowest BCUT2D eigenvalue weighted by molar-refractivity contribution is 0.385. The van der Waals surface area contributed by atoms with Crippen LogP contribution in [0.5, 0.6) is 17.4 Å². The molecule has 0 aliphatic carbocycles. The van der Waals surface area contributed by atoms with Crippen molar-refractivity contribution in [2.45, 2.75) is 26.7 Å². The summed E-state index contributed by atoms with van der Waals surface area (Å²) in [4.78, 5) is 4.29. The second kappa shape index (κ2) is 6.63. The summed E-state index contributed by atoms with van der Waals surface area (Å²) in [6.07, 6.45) is 1.60. The van der Waals surface area contributed by atoms with E-state index >= 15 is 0 Å². The van der Waals surface area contributed by atoms with Gasteiger partial charge in [-0.25, -0.2) is 4.98 Å². The molecule has 22 heavy (non-hydrogen) atoms. The van der Waals surface area contributed by atoms with E-state index in [1.807, 2.05) is 6.92 Å². The smallest absolute Gasteiger partial charge is 0.217 e. The SMILES string of the molecule is COc1ncc(Oc2c(Cl)cc(N)cc2Cl)c(C)c1C(C)C. The molecule has 0 aliphatic rings. The molecule has 0 radical (unpaired) electrons. The Morgan fingerprint density at radius 1 is 1.18 bits per heavy atom. The predicted octanol–water partition coefficient (Wildman–Crippen LogP) is 5.20. The summed E-state index contributed by atoms with van der Waals surface area (Å²) < 4.78 is 11.2. The summed E-state index contributed by atoms with van der Waals surface area (Å²) in [6, 6.07) is 3.19. The highest BCUT2D eigenvalue weighted by atomic mass is 35.5. The van der Waals surface area contributed by atoms with E-state index in [0.29, 0.717) is 33.1 Å². The van der Waals surface area contributed by atoms with E-state index in [-0.39, 0.29) is 5.92 Å². The Kier molecular flexibility index (Phi) is 5.04. The van der Waals surface area contributed by atoms with Crippen molar-refractivity contribution in [3.8, 4) is 17.4 Å². The van der Waals surface area contributed by atoms with Gasteiger partial charge in [0.25, 0.3) is 0 Å². The van der Waals surface area contributed by atoms with Gasteiger partial charge in [0, 0.05) is 16.8 Å². The Bertz CT molecular complexity index is 680. The zero-order valence-corrected chi connectivity index (χ0v) is 14.4. The van der Waals surface area contributed by atoms with Gasteiger partial charge in [-0.2, -0.15) is 0 Å². The largest absolute Gasteiger partial charge is 0.481 e. The number of rotatable bonds is 4. The zero-order valence-electron chi connectivity index (χ0n) is 12.9. The first-order valence-corrected chi connectivity index (χ1v) is 7.56. The molecule has 0 unspecified atom stereocenters. The molecule has 0 amide bonds. The molecule has 0 aliphatic heterocycles. The highest BCUT2D eigenvalue weighted by molar-refractivity contribution is 6.37. The second-order valence-corrected chi connectivity index (χ2v) is 6.06. The van der Waals surface area contributed by atoms with E-state index in [9.17, 15) is 0 Å². The summed E-state index contributed by atoms with van der Waals surface area (Å²) in [5, 5.41) is 0.706. The molecule has 118 valence electrons. The number of ether oxygens (including phenoxy) is 2. The number of nitrogen functional groups attached to an aromatic ring is 1. The fraction of sp³-hybridized carbons (Fsp3) is 0.312. The number of aromatic nitrogens is 1. The maximum absolute atomic E-state index is 6.16. The van der Waals surface area contributed by atoms with E-state index < -0.39 is 0 Å². The van der Waals surface area contributed by atoms with Gasteiger partial charge in [-0.05, 0) is 25.0 Å². The Labute approximate surface area is 140 Å². The third-order valence-corrected chi connectivity index (χ3v) is 3.87. The maximum Gasteiger partial charge on any atom is 0.217 e. The molecule has 6 heteroatoms. The molecule has 0 atom stereocenters. The van der Waals surface area contributed by atoms with Gasteiger partial charge in [-0.1, -0.05) is 37.0 Å². The molecule has 0 fully saturated rings. The van der Waals surface area contributed by atoms with Crippen LogP contribution in [0.15, 0.2) is 18.3 Å². The highest BCUT2D eigenvalue weighted by Crippen LogP contribution is 2.41. The number of halogens is 2. The number of nitrogens with two attached hydrogens (primary N) is 1. The van der Waals surface area contributed by atoms with Gasteiger partial charge >= 0.3 is 0 Å². The Balaban J connectivity index is 2.49. The van der Waals surface area contributed by atoms with Crippen LogP contribution in [-0.2, 0) is 0 Å². The van der Waals surface area contributed by atoms with E-state index in [1.54, 1.807) is 25.4 Å². The van der Waals surface area contributed by atoms with Crippen LogP contribution in [0.4, 0.5) is 5.69 Å². The van der Waals surface area contributed by atoms with Crippen LogP contribution in [0.2, 0.25) is 10.0 Å². The fourth-order valence-electron chi connectivity index (χ4n) is 2.31. The maximum atomic E-state index is 6.16. The molecule has 0 saturated heterocycles. The van der Waals surface area contributed by atoms with Crippen LogP contribution in [0.3, 0.4) is 0 Å². The van der Waals surface area contributed by atoms with Crippen molar-refractivity contribution < 1.29 is 9.47 Å². The van der Waals surface area contributed by atoms with Crippen molar-refractivity contribution in [1.29, 1.82) is 0 Å². The van der Waals surface area contributed by atoms with Crippen molar-refractivity contribution in [2.75, 3.05) is 12.8 Å². The average molecular weight is 341 g/mol. The number of pyridine rings is 1. The average Bonchev–Trinajstić information content (AvgIpc) is 2.43. The third-order valence-electron chi connectivity index (χ3n) is 3.31. The highest BCUT2D eigenvalue weighted by Gasteiger charge is 2.18. The number of nitrogens with zero attached hydrogens (tertiary/aromatic N) is 1. The number of methoxy groups -OCH3 is 1. The quantitative estimate of drug-likeness (QED) is 0.776. The van der Waals surface area contributed by atoms with Crippen LogP contribution in [-0.4, -0.2) is 12.1 Å². The van der Waals surface area contributed by atoms with Crippen molar-refractivity contribution >= 4 is 28.9 Å². The first-order valence-electron chi connectivity index (χ1n) is 6.81. The monoisotopic (exact) mass is 340 g/mol. The second-order valence-electron chi connectivity index (χ2n) is 5.24. The van der Waals surface area contributed by atoms with Gasteiger partial charge in [0.15, 0.2) is 5.75 Å². The van der Waals surface area contributed by atoms with Gasteiger partial charge in [-0.3, -0.25) is 0 Å². The van der Waals surface area contributed by atoms with Gasteiger partial charge in [0.1, 0.15) is 5.75 Å². The lowest BCUT2D eigenvalue weighted by Crippen LogP contribution is -2.02. The van der Waals surface area contributed by atoms with E-state index in [0.717, 1.165) is 11.1 Å². The Morgan fingerprint density at radius 3 is 2.27 bits per heavy atom. The molecule has 4 nitrogen and oxygen atoms in total. The fourth-order valence-corrected chi connectivity index (χ4v) is 2.89. The molecule has 1 aromatic heterocycles.